The van der Waals surface area contributed by atoms with Crippen molar-refractivity contribution in [2.24, 2.45) is 18.2 Å². The minimum Gasteiger partial charge on any atom is -0.493 e. The first-order valence-electron chi connectivity index (χ1n) is 7.09. The van der Waals surface area contributed by atoms with Gasteiger partial charge in [0, 0.05) is 25.2 Å². The maximum Gasteiger partial charge on any atom is 0.122 e. The van der Waals surface area contributed by atoms with Gasteiger partial charge in [0.15, 0.2) is 0 Å². The average molecular weight is 271 g/mol. The molecule has 1 aliphatic rings. The quantitative estimate of drug-likeness (QED) is 0.924. The number of hydrogen-bond acceptors (Lipinski definition) is 3. The van der Waals surface area contributed by atoms with Gasteiger partial charge < -0.3 is 10.5 Å². The maximum absolute atomic E-state index is 6.06. The number of fused-ring (bicyclic) bond motifs is 1. The van der Waals surface area contributed by atoms with Gasteiger partial charge in [-0.1, -0.05) is 18.2 Å². The molecular formula is C16H21N3O. The zero-order chi connectivity index (χ0) is 14.0. The normalized spacial score (nSPS) is 21.3. The lowest BCUT2D eigenvalue weighted by atomic mass is 9.76. The van der Waals surface area contributed by atoms with Crippen LogP contribution in [0.15, 0.2) is 36.7 Å². The molecule has 0 fully saturated rings. The molecule has 1 atom stereocenters. The van der Waals surface area contributed by atoms with E-state index in [1.54, 1.807) is 0 Å². The summed E-state index contributed by atoms with van der Waals surface area (Å²) in [5.74, 6) is 1.01. The van der Waals surface area contributed by atoms with Crippen molar-refractivity contribution in [3.8, 4) is 5.75 Å². The number of hydrogen-bond donors (Lipinski definition) is 1. The van der Waals surface area contributed by atoms with Gasteiger partial charge in [-0.25, -0.2) is 0 Å². The van der Waals surface area contributed by atoms with Crippen molar-refractivity contribution in [3.05, 3.63) is 47.8 Å². The first-order valence-corrected chi connectivity index (χ1v) is 7.09. The minimum absolute atomic E-state index is 0.0458. The number of nitrogens with zero attached hydrogens (tertiary/aromatic N) is 2. The van der Waals surface area contributed by atoms with Crippen LogP contribution in [0.25, 0.3) is 0 Å². The second-order valence-electron chi connectivity index (χ2n) is 5.80. The third-order valence-corrected chi connectivity index (χ3v) is 4.21. The Morgan fingerprint density at radius 3 is 3.00 bits per heavy atom. The minimum atomic E-state index is 0.0458. The van der Waals surface area contributed by atoms with E-state index in [0.717, 1.165) is 25.0 Å². The highest BCUT2D eigenvalue weighted by Gasteiger charge is 2.34. The van der Waals surface area contributed by atoms with Gasteiger partial charge in [-0.2, -0.15) is 5.10 Å². The Labute approximate surface area is 119 Å². The Morgan fingerprint density at radius 1 is 1.40 bits per heavy atom. The highest BCUT2D eigenvalue weighted by atomic mass is 16.5. The molecule has 4 heteroatoms. The molecule has 2 heterocycles. The third kappa shape index (κ3) is 2.56. The van der Waals surface area contributed by atoms with Gasteiger partial charge in [0.1, 0.15) is 5.75 Å². The maximum atomic E-state index is 6.06. The molecule has 0 saturated carbocycles. The summed E-state index contributed by atoms with van der Waals surface area (Å²) >= 11 is 0. The van der Waals surface area contributed by atoms with Gasteiger partial charge in [0.25, 0.3) is 0 Å². The van der Waals surface area contributed by atoms with Crippen molar-refractivity contribution >= 4 is 0 Å². The number of aryl methyl sites for hydroxylation is 2. The number of para-hydroxylation sites is 1. The zero-order valence-electron chi connectivity index (χ0n) is 11.9. The second kappa shape index (κ2) is 5.29. The van der Waals surface area contributed by atoms with Crippen LogP contribution in [0.4, 0.5) is 0 Å². The standard InChI is InChI=1S/C16H21N3O/c1-19-10-13(9-18-19)6-7-16(11-17)8-14-4-2-3-5-15(14)20-12-16/h2-5,9-10H,6-8,11-12,17H2,1H3. The van der Waals surface area contributed by atoms with Crippen LogP contribution in [0.3, 0.4) is 0 Å². The largest absolute Gasteiger partial charge is 0.493 e. The topological polar surface area (TPSA) is 53.1 Å². The molecule has 0 bridgehead atoms. The van der Waals surface area contributed by atoms with Crippen LogP contribution in [-0.2, 0) is 19.9 Å². The Bertz CT molecular complexity index is 593. The Hall–Kier alpha value is -1.81. The van der Waals surface area contributed by atoms with Gasteiger partial charge in [-0.3, -0.25) is 4.68 Å². The van der Waals surface area contributed by atoms with Gasteiger partial charge in [-0.05, 0) is 36.5 Å². The lowest BCUT2D eigenvalue weighted by Crippen LogP contribution is -2.41. The van der Waals surface area contributed by atoms with E-state index < -0.39 is 0 Å². The lowest BCUT2D eigenvalue weighted by molar-refractivity contribution is 0.117. The first-order chi connectivity index (χ1) is 9.71. The molecule has 1 aromatic heterocycles. The van der Waals surface area contributed by atoms with Crippen LogP contribution in [0.1, 0.15) is 17.5 Å². The summed E-state index contributed by atoms with van der Waals surface area (Å²) in [5.41, 5.74) is 8.65. The average Bonchev–Trinajstić information content (AvgIpc) is 2.91. The Balaban J connectivity index is 1.73. The van der Waals surface area contributed by atoms with Crippen molar-refractivity contribution in [2.75, 3.05) is 13.2 Å². The molecular weight excluding hydrogens is 250 g/mol. The summed E-state index contributed by atoms with van der Waals surface area (Å²) in [7, 11) is 1.95. The predicted octanol–water partition coefficient (Wildman–Crippen LogP) is 1.93. The molecule has 3 rings (SSSR count). The second-order valence-corrected chi connectivity index (χ2v) is 5.80. The van der Waals surface area contributed by atoms with E-state index in [0.29, 0.717) is 13.2 Å². The van der Waals surface area contributed by atoms with E-state index in [-0.39, 0.29) is 5.41 Å². The molecule has 1 aliphatic heterocycles. The summed E-state index contributed by atoms with van der Waals surface area (Å²) in [4.78, 5) is 0. The van der Waals surface area contributed by atoms with E-state index in [9.17, 15) is 0 Å². The number of benzene rings is 1. The van der Waals surface area contributed by atoms with Crippen molar-refractivity contribution < 1.29 is 4.74 Å². The molecule has 0 spiro atoms. The van der Waals surface area contributed by atoms with E-state index in [4.69, 9.17) is 10.5 Å². The van der Waals surface area contributed by atoms with Gasteiger partial charge in [-0.15, -0.1) is 0 Å². The fourth-order valence-electron chi connectivity index (χ4n) is 2.88. The van der Waals surface area contributed by atoms with Crippen molar-refractivity contribution in [3.63, 3.8) is 0 Å². The van der Waals surface area contributed by atoms with Crippen LogP contribution in [-0.4, -0.2) is 22.9 Å². The third-order valence-electron chi connectivity index (χ3n) is 4.21. The van der Waals surface area contributed by atoms with Crippen LogP contribution in [0, 0.1) is 5.41 Å². The first kappa shape index (κ1) is 13.2. The predicted molar refractivity (Wildman–Crippen MR) is 78.7 cm³/mol. The summed E-state index contributed by atoms with van der Waals surface area (Å²) in [5, 5.41) is 4.22. The van der Waals surface area contributed by atoms with Crippen molar-refractivity contribution in [1.82, 2.24) is 9.78 Å². The van der Waals surface area contributed by atoms with Crippen LogP contribution in [0.2, 0.25) is 0 Å². The fraction of sp³-hybridized carbons (Fsp3) is 0.438. The SMILES string of the molecule is Cn1cc(CCC2(CN)COc3ccccc3C2)cn1. The fourth-order valence-corrected chi connectivity index (χ4v) is 2.88. The van der Waals surface area contributed by atoms with Crippen molar-refractivity contribution in [2.45, 2.75) is 19.3 Å². The summed E-state index contributed by atoms with van der Waals surface area (Å²) in [6, 6.07) is 8.26. The summed E-state index contributed by atoms with van der Waals surface area (Å²) in [6.07, 6.45) is 7.03. The van der Waals surface area contributed by atoms with Crippen LogP contribution >= 0.6 is 0 Å². The highest BCUT2D eigenvalue weighted by Crippen LogP contribution is 2.36. The molecule has 1 unspecified atom stereocenters. The highest BCUT2D eigenvalue weighted by molar-refractivity contribution is 5.36. The molecule has 0 amide bonds. The van der Waals surface area contributed by atoms with Crippen LogP contribution in [0.5, 0.6) is 5.75 Å². The van der Waals surface area contributed by atoms with Gasteiger partial charge >= 0.3 is 0 Å². The number of aromatic nitrogens is 2. The smallest absolute Gasteiger partial charge is 0.122 e. The van der Waals surface area contributed by atoms with E-state index in [2.05, 4.69) is 23.4 Å². The molecule has 1 aromatic carbocycles. The van der Waals surface area contributed by atoms with Crippen LogP contribution < -0.4 is 10.5 Å². The molecule has 4 nitrogen and oxygen atoms in total. The number of ether oxygens (including phenoxy) is 1. The molecule has 20 heavy (non-hydrogen) atoms. The van der Waals surface area contributed by atoms with Gasteiger partial charge in [0.05, 0.1) is 12.8 Å². The van der Waals surface area contributed by atoms with Gasteiger partial charge in [0.2, 0.25) is 0 Å². The molecule has 2 aromatic rings. The molecule has 106 valence electrons. The Kier molecular flexibility index (Phi) is 3.49. The zero-order valence-corrected chi connectivity index (χ0v) is 11.9. The van der Waals surface area contributed by atoms with E-state index in [1.165, 1.54) is 11.1 Å². The molecule has 2 N–H and O–H groups in total. The van der Waals surface area contributed by atoms with E-state index >= 15 is 0 Å². The number of rotatable bonds is 4. The lowest BCUT2D eigenvalue weighted by Gasteiger charge is -2.37. The Morgan fingerprint density at radius 2 is 2.25 bits per heavy atom. The molecule has 0 radical (unpaired) electrons. The summed E-state index contributed by atoms with van der Waals surface area (Å²) < 4.78 is 7.77. The molecule has 0 saturated heterocycles. The monoisotopic (exact) mass is 271 g/mol. The van der Waals surface area contributed by atoms with E-state index in [1.807, 2.05) is 30.1 Å². The van der Waals surface area contributed by atoms with Crippen molar-refractivity contribution in [1.29, 1.82) is 0 Å². The molecule has 0 aliphatic carbocycles. The summed E-state index contributed by atoms with van der Waals surface area (Å²) in [6.45, 7) is 1.36. The number of nitrogens with two attached hydrogens (primary N) is 1.